The van der Waals surface area contributed by atoms with Crippen molar-refractivity contribution >= 4 is 33.0 Å². The van der Waals surface area contributed by atoms with Crippen LogP contribution in [0.5, 0.6) is 0 Å². The largest absolute Gasteiger partial charge is 0.372 e. The van der Waals surface area contributed by atoms with Crippen molar-refractivity contribution in [2.24, 2.45) is 0 Å². The van der Waals surface area contributed by atoms with Crippen LogP contribution >= 0.6 is 15.9 Å². The molecule has 0 saturated carbocycles. The molecular formula is C17H16BrN3. The van der Waals surface area contributed by atoms with E-state index in [-0.39, 0.29) is 0 Å². The van der Waals surface area contributed by atoms with Crippen molar-refractivity contribution in [1.82, 2.24) is 0 Å². The lowest BCUT2D eigenvalue weighted by atomic mass is 10.2. The van der Waals surface area contributed by atoms with Crippen molar-refractivity contribution in [3.05, 3.63) is 52.5 Å². The van der Waals surface area contributed by atoms with Crippen LogP contribution in [0.1, 0.15) is 18.4 Å². The third-order valence-electron chi connectivity index (χ3n) is 3.72. The van der Waals surface area contributed by atoms with Gasteiger partial charge in [-0.25, -0.2) is 0 Å². The van der Waals surface area contributed by atoms with Crippen molar-refractivity contribution < 1.29 is 0 Å². The number of nitriles is 1. The third-order valence-corrected chi connectivity index (χ3v) is 4.21. The molecule has 0 aromatic heterocycles. The van der Waals surface area contributed by atoms with Crippen LogP contribution in [-0.4, -0.2) is 13.1 Å². The number of benzene rings is 2. The second-order valence-electron chi connectivity index (χ2n) is 5.17. The number of anilines is 3. The maximum absolute atomic E-state index is 9.16. The van der Waals surface area contributed by atoms with Crippen molar-refractivity contribution in [2.45, 2.75) is 12.8 Å². The summed E-state index contributed by atoms with van der Waals surface area (Å²) >= 11 is 3.44. The van der Waals surface area contributed by atoms with Crippen LogP contribution in [-0.2, 0) is 0 Å². The summed E-state index contributed by atoms with van der Waals surface area (Å²) in [7, 11) is 0. The average molecular weight is 342 g/mol. The number of hydrogen-bond acceptors (Lipinski definition) is 3. The van der Waals surface area contributed by atoms with Gasteiger partial charge in [0.25, 0.3) is 0 Å². The van der Waals surface area contributed by atoms with E-state index in [9.17, 15) is 0 Å². The van der Waals surface area contributed by atoms with Crippen LogP contribution in [0.15, 0.2) is 46.9 Å². The SMILES string of the molecule is N#Cc1ccc(Br)cc1Nc1ccc(N2CCCC2)cc1. The Balaban J connectivity index is 1.79. The topological polar surface area (TPSA) is 39.1 Å². The molecule has 0 spiro atoms. The predicted octanol–water partition coefficient (Wildman–Crippen LogP) is 4.66. The first-order valence-corrected chi connectivity index (χ1v) is 7.87. The minimum atomic E-state index is 0.641. The van der Waals surface area contributed by atoms with Gasteiger partial charge in [0.05, 0.1) is 11.3 Å². The predicted molar refractivity (Wildman–Crippen MR) is 90.0 cm³/mol. The molecule has 2 aromatic rings. The van der Waals surface area contributed by atoms with Gasteiger partial charge in [-0.3, -0.25) is 0 Å². The highest BCUT2D eigenvalue weighted by molar-refractivity contribution is 9.10. The molecule has 3 nitrogen and oxygen atoms in total. The van der Waals surface area contributed by atoms with Gasteiger partial charge in [-0.15, -0.1) is 0 Å². The minimum Gasteiger partial charge on any atom is -0.372 e. The smallest absolute Gasteiger partial charge is 0.101 e. The molecule has 1 aliphatic heterocycles. The fourth-order valence-electron chi connectivity index (χ4n) is 2.60. The molecule has 1 aliphatic rings. The standard InChI is InChI=1S/C17H16BrN3/c18-14-4-3-13(12-19)17(11-14)20-15-5-7-16(8-6-15)21-9-1-2-10-21/h3-8,11,20H,1-2,9-10H2. The van der Waals surface area contributed by atoms with Gasteiger partial charge >= 0.3 is 0 Å². The van der Waals surface area contributed by atoms with E-state index >= 15 is 0 Å². The molecule has 0 aliphatic carbocycles. The molecule has 3 rings (SSSR count). The molecule has 1 N–H and O–H groups in total. The summed E-state index contributed by atoms with van der Waals surface area (Å²) in [6, 6.07) is 16.2. The van der Waals surface area contributed by atoms with Gasteiger partial charge in [-0.2, -0.15) is 5.26 Å². The summed E-state index contributed by atoms with van der Waals surface area (Å²) in [5.74, 6) is 0. The van der Waals surface area contributed by atoms with Crippen molar-refractivity contribution in [3.63, 3.8) is 0 Å². The number of rotatable bonds is 3. The molecule has 0 atom stereocenters. The Labute approximate surface area is 133 Å². The molecule has 21 heavy (non-hydrogen) atoms. The van der Waals surface area contributed by atoms with E-state index in [1.54, 1.807) is 0 Å². The molecule has 0 bridgehead atoms. The fourth-order valence-corrected chi connectivity index (χ4v) is 2.96. The second-order valence-corrected chi connectivity index (χ2v) is 6.08. The summed E-state index contributed by atoms with van der Waals surface area (Å²) in [4.78, 5) is 2.41. The van der Waals surface area contributed by atoms with Crippen molar-refractivity contribution in [1.29, 1.82) is 5.26 Å². The maximum atomic E-state index is 9.16. The van der Waals surface area contributed by atoms with E-state index in [4.69, 9.17) is 5.26 Å². The van der Waals surface area contributed by atoms with Crippen molar-refractivity contribution in [3.8, 4) is 6.07 Å². The van der Waals surface area contributed by atoms with Crippen LogP contribution in [0.4, 0.5) is 17.1 Å². The zero-order valence-corrected chi connectivity index (χ0v) is 13.2. The molecule has 0 radical (unpaired) electrons. The molecule has 0 amide bonds. The van der Waals surface area contributed by atoms with Gasteiger partial charge in [0, 0.05) is 28.9 Å². The van der Waals surface area contributed by atoms with E-state index in [0.717, 1.165) is 28.9 Å². The zero-order valence-electron chi connectivity index (χ0n) is 11.6. The van der Waals surface area contributed by atoms with Gasteiger partial charge in [-0.1, -0.05) is 15.9 Å². The van der Waals surface area contributed by atoms with Gasteiger partial charge in [-0.05, 0) is 55.3 Å². The molecule has 2 aromatic carbocycles. The summed E-state index contributed by atoms with van der Waals surface area (Å²) in [6.45, 7) is 2.30. The van der Waals surface area contributed by atoms with Gasteiger partial charge < -0.3 is 10.2 Å². The summed E-state index contributed by atoms with van der Waals surface area (Å²) in [5, 5.41) is 12.5. The highest BCUT2D eigenvalue weighted by atomic mass is 79.9. The van der Waals surface area contributed by atoms with E-state index in [2.05, 4.69) is 56.5 Å². The average Bonchev–Trinajstić information content (AvgIpc) is 3.03. The fraction of sp³-hybridized carbons (Fsp3) is 0.235. The first-order valence-electron chi connectivity index (χ1n) is 7.08. The Morgan fingerprint density at radius 3 is 2.43 bits per heavy atom. The van der Waals surface area contributed by atoms with Crippen molar-refractivity contribution in [2.75, 3.05) is 23.3 Å². The number of nitrogens with zero attached hydrogens (tertiary/aromatic N) is 2. The highest BCUT2D eigenvalue weighted by Gasteiger charge is 2.12. The molecular weight excluding hydrogens is 326 g/mol. The number of nitrogens with one attached hydrogen (secondary N) is 1. The second kappa shape index (κ2) is 6.19. The summed E-state index contributed by atoms with van der Waals surface area (Å²) in [5.41, 5.74) is 3.72. The molecule has 1 fully saturated rings. The lowest BCUT2D eigenvalue weighted by Crippen LogP contribution is -2.17. The van der Waals surface area contributed by atoms with Crippen LogP contribution < -0.4 is 10.2 Å². The first kappa shape index (κ1) is 14.0. The number of hydrogen-bond donors (Lipinski definition) is 1. The van der Waals surface area contributed by atoms with Crippen LogP contribution in [0.3, 0.4) is 0 Å². The summed E-state index contributed by atoms with van der Waals surface area (Å²) < 4.78 is 0.956. The van der Waals surface area contributed by atoms with E-state index in [0.29, 0.717) is 5.56 Å². The Kier molecular flexibility index (Phi) is 4.12. The van der Waals surface area contributed by atoms with E-state index in [1.807, 2.05) is 18.2 Å². The molecule has 0 unspecified atom stereocenters. The normalized spacial score (nSPS) is 14.0. The molecule has 1 heterocycles. The lowest BCUT2D eigenvalue weighted by Gasteiger charge is -2.18. The van der Waals surface area contributed by atoms with Crippen LogP contribution in [0.2, 0.25) is 0 Å². The molecule has 106 valence electrons. The quantitative estimate of drug-likeness (QED) is 0.881. The Morgan fingerprint density at radius 1 is 1.05 bits per heavy atom. The summed E-state index contributed by atoms with van der Waals surface area (Å²) in [6.07, 6.45) is 2.56. The third kappa shape index (κ3) is 3.20. The Morgan fingerprint density at radius 2 is 1.76 bits per heavy atom. The molecule has 4 heteroatoms. The first-order chi connectivity index (χ1) is 10.3. The zero-order chi connectivity index (χ0) is 14.7. The van der Waals surface area contributed by atoms with Gasteiger partial charge in [0.15, 0.2) is 0 Å². The number of halogens is 1. The Hall–Kier alpha value is -1.99. The van der Waals surface area contributed by atoms with Gasteiger partial charge in [0.1, 0.15) is 6.07 Å². The maximum Gasteiger partial charge on any atom is 0.101 e. The Bertz CT molecular complexity index is 667. The van der Waals surface area contributed by atoms with Gasteiger partial charge in [0.2, 0.25) is 0 Å². The lowest BCUT2D eigenvalue weighted by molar-refractivity contribution is 0.949. The minimum absolute atomic E-state index is 0.641. The highest BCUT2D eigenvalue weighted by Crippen LogP contribution is 2.27. The van der Waals surface area contributed by atoms with Crippen LogP contribution in [0, 0.1) is 11.3 Å². The monoisotopic (exact) mass is 341 g/mol. The van der Waals surface area contributed by atoms with E-state index in [1.165, 1.54) is 18.5 Å². The van der Waals surface area contributed by atoms with Crippen LogP contribution in [0.25, 0.3) is 0 Å². The molecule has 1 saturated heterocycles. The van der Waals surface area contributed by atoms with E-state index < -0.39 is 0 Å².